The lowest BCUT2D eigenvalue weighted by molar-refractivity contribution is 0.0652. The predicted molar refractivity (Wildman–Crippen MR) is 64.9 cm³/mol. The molecular weight excluding hydrogens is 274 g/mol. The number of halogens is 1. The fourth-order valence-electron chi connectivity index (χ4n) is 1.76. The predicted octanol–water partition coefficient (Wildman–Crippen LogP) is 2.46. The minimum absolute atomic E-state index is 0.249. The Morgan fingerprint density at radius 1 is 1.21 bits per heavy atom. The minimum Gasteiger partial charge on any atom is -0.486 e. The smallest absolute Gasteiger partial charge is 0.374 e. The third kappa shape index (κ3) is 2.10. The highest BCUT2D eigenvalue weighted by Gasteiger charge is 2.19. The van der Waals surface area contributed by atoms with Gasteiger partial charge in [0.05, 0.1) is 5.02 Å². The van der Waals surface area contributed by atoms with E-state index in [-0.39, 0.29) is 5.76 Å². The van der Waals surface area contributed by atoms with Gasteiger partial charge in [-0.3, -0.25) is 0 Å². The first-order valence-corrected chi connectivity index (χ1v) is 5.82. The Kier molecular flexibility index (Phi) is 2.79. The number of benzene rings is 1. The zero-order valence-electron chi connectivity index (χ0n) is 9.55. The molecule has 98 valence electrons. The number of nitrogens with zero attached hydrogens (tertiary/aromatic N) is 1. The summed E-state index contributed by atoms with van der Waals surface area (Å²) in [6.07, 6.45) is 0. The number of aromatic nitrogens is 1. The van der Waals surface area contributed by atoms with Crippen molar-refractivity contribution in [3.8, 4) is 22.8 Å². The van der Waals surface area contributed by atoms with Crippen LogP contribution in [0.3, 0.4) is 0 Å². The second-order valence-electron chi connectivity index (χ2n) is 3.86. The van der Waals surface area contributed by atoms with Gasteiger partial charge in [0.25, 0.3) is 0 Å². The molecule has 2 heterocycles. The molecule has 0 aliphatic carbocycles. The molecule has 2 aromatic rings. The van der Waals surface area contributed by atoms with Crippen LogP contribution >= 0.6 is 11.6 Å². The SMILES string of the molecule is O=C(O)c1cc(-c2cc3c(cc2Cl)OCCO3)no1. The number of carboxylic acid groups (broad SMARTS) is 1. The van der Waals surface area contributed by atoms with Crippen molar-refractivity contribution in [1.82, 2.24) is 5.16 Å². The molecular formula is C12H8ClNO5. The second-order valence-corrected chi connectivity index (χ2v) is 4.26. The average molecular weight is 282 g/mol. The Labute approximate surface area is 112 Å². The first-order valence-electron chi connectivity index (χ1n) is 5.44. The Morgan fingerprint density at radius 3 is 2.53 bits per heavy atom. The van der Waals surface area contributed by atoms with Crippen LogP contribution in [0.1, 0.15) is 10.6 Å². The summed E-state index contributed by atoms with van der Waals surface area (Å²) in [5.74, 6) is -0.333. The van der Waals surface area contributed by atoms with Crippen LogP contribution in [0.2, 0.25) is 5.02 Å². The Morgan fingerprint density at radius 2 is 1.89 bits per heavy atom. The normalized spacial score (nSPS) is 13.3. The van der Waals surface area contributed by atoms with Crippen molar-refractivity contribution in [3.63, 3.8) is 0 Å². The summed E-state index contributed by atoms with van der Waals surface area (Å²) in [4.78, 5) is 10.8. The van der Waals surface area contributed by atoms with Gasteiger partial charge in [-0.05, 0) is 6.07 Å². The van der Waals surface area contributed by atoms with E-state index >= 15 is 0 Å². The number of ether oxygens (including phenoxy) is 2. The highest BCUT2D eigenvalue weighted by atomic mass is 35.5. The van der Waals surface area contributed by atoms with Gasteiger partial charge >= 0.3 is 5.97 Å². The lowest BCUT2D eigenvalue weighted by Gasteiger charge is -2.19. The van der Waals surface area contributed by atoms with Gasteiger partial charge in [0.15, 0.2) is 11.5 Å². The van der Waals surface area contributed by atoms with Crippen LogP contribution in [-0.4, -0.2) is 29.4 Å². The summed E-state index contributed by atoms with van der Waals surface area (Å²) < 4.78 is 15.5. The molecule has 1 aromatic carbocycles. The third-order valence-electron chi connectivity index (χ3n) is 2.63. The topological polar surface area (TPSA) is 81.8 Å². The number of aromatic carboxylic acids is 1. The largest absolute Gasteiger partial charge is 0.486 e. The number of carbonyl (C=O) groups is 1. The van der Waals surface area contributed by atoms with E-state index in [4.69, 9.17) is 30.7 Å². The fourth-order valence-corrected chi connectivity index (χ4v) is 2.01. The molecule has 1 aliphatic rings. The van der Waals surface area contributed by atoms with E-state index in [0.29, 0.717) is 41.0 Å². The van der Waals surface area contributed by atoms with Crippen LogP contribution in [0.4, 0.5) is 0 Å². The second kappa shape index (κ2) is 4.47. The number of fused-ring (bicyclic) bond motifs is 1. The number of carboxylic acids is 1. The van der Waals surface area contributed by atoms with Crippen molar-refractivity contribution in [2.45, 2.75) is 0 Å². The molecule has 3 rings (SSSR count). The summed E-state index contributed by atoms with van der Waals surface area (Å²) in [6, 6.07) is 4.57. The minimum atomic E-state index is -1.19. The molecule has 1 aromatic heterocycles. The Hall–Kier alpha value is -2.21. The van der Waals surface area contributed by atoms with Crippen LogP contribution in [-0.2, 0) is 0 Å². The quantitative estimate of drug-likeness (QED) is 0.910. The standard InChI is InChI=1S/C12H8ClNO5/c13-7-4-10-9(17-1-2-18-10)3-6(7)8-5-11(12(15)16)19-14-8/h3-5H,1-2H2,(H,15,16). The van der Waals surface area contributed by atoms with Gasteiger partial charge in [0.2, 0.25) is 5.76 Å². The lowest BCUT2D eigenvalue weighted by Crippen LogP contribution is -2.15. The first-order chi connectivity index (χ1) is 9.15. The van der Waals surface area contributed by atoms with Gasteiger partial charge in [0, 0.05) is 17.7 Å². The number of hydrogen-bond donors (Lipinski definition) is 1. The van der Waals surface area contributed by atoms with Gasteiger partial charge in [-0.15, -0.1) is 0 Å². The Balaban J connectivity index is 2.06. The molecule has 0 amide bonds. The first kappa shape index (κ1) is 11.9. The number of hydrogen-bond acceptors (Lipinski definition) is 5. The molecule has 1 aliphatic heterocycles. The van der Waals surface area contributed by atoms with E-state index in [1.54, 1.807) is 12.1 Å². The molecule has 6 nitrogen and oxygen atoms in total. The van der Waals surface area contributed by atoms with E-state index < -0.39 is 5.97 Å². The molecule has 0 unspecified atom stereocenters. The van der Waals surface area contributed by atoms with Gasteiger partial charge in [0.1, 0.15) is 18.9 Å². The summed E-state index contributed by atoms with van der Waals surface area (Å²) in [6.45, 7) is 0.920. The van der Waals surface area contributed by atoms with Gasteiger partial charge in [-0.1, -0.05) is 16.8 Å². The highest BCUT2D eigenvalue weighted by molar-refractivity contribution is 6.33. The summed E-state index contributed by atoms with van der Waals surface area (Å²) in [7, 11) is 0. The third-order valence-corrected chi connectivity index (χ3v) is 2.94. The maximum absolute atomic E-state index is 10.8. The van der Waals surface area contributed by atoms with Crippen molar-refractivity contribution in [1.29, 1.82) is 0 Å². The van der Waals surface area contributed by atoms with Crippen LogP contribution in [0.25, 0.3) is 11.3 Å². The van der Waals surface area contributed by atoms with Crippen LogP contribution in [0.5, 0.6) is 11.5 Å². The molecule has 1 N–H and O–H groups in total. The monoisotopic (exact) mass is 281 g/mol. The van der Waals surface area contributed by atoms with Crippen molar-refractivity contribution >= 4 is 17.6 Å². The summed E-state index contributed by atoms with van der Waals surface area (Å²) >= 11 is 6.12. The molecule has 0 saturated carbocycles. The summed E-state index contributed by atoms with van der Waals surface area (Å²) in [5, 5.41) is 12.9. The maximum Gasteiger partial charge on any atom is 0.374 e. The van der Waals surface area contributed by atoms with Crippen LogP contribution in [0.15, 0.2) is 22.7 Å². The average Bonchev–Trinajstić information content (AvgIpc) is 2.87. The van der Waals surface area contributed by atoms with Gasteiger partial charge in [-0.25, -0.2) is 4.79 Å². The lowest BCUT2D eigenvalue weighted by atomic mass is 10.1. The molecule has 0 fully saturated rings. The molecule has 0 radical (unpaired) electrons. The van der Waals surface area contributed by atoms with E-state index in [1.807, 2.05) is 0 Å². The summed E-state index contributed by atoms with van der Waals surface area (Å²) in [5.41, 5.74) is 0.863. The van der Waals surface area contributed by atoms with E-state index in [0.717, 1.165) is 0 Å². The molecule has 0 bridgehead atoms. The zero-order chi connectivity index (χ0) is 13.4. The van der Waals surface area contributed by atoms with Crippen LogP contribution < -0.4 is 9.47 Å². The number of rotatable bonds is 2. The molecule has 7 heteroatoms. The van der Waals surface area contributed by atoms with Gasteiger partial charge < -0.3 is 19.1 Å². The molecule has 0 saturated heterocycles. The van der Waals surface area contributed by atoms with Crippen molar-refractivity contribution in [2.24, 2.45) is 0 Å². The van der Waals surface area contributed by atoms with Crippen molar-refractivity contribution < 1.29 is 23.9 Å². The van der Waals surface area contributed by atoms with E-state index in [9.17, 15) is 4.79 Å². The zero-order valence-corrected chi connectivity index (χ0v) is 10.3. The fraction of sp³-hybridized carbons (Fsp3) is 0.167. The Bertz CT molecular complexity index is 652. The molecule has 19 heavy (non-hydrogen) atoms. The van der Waals surface area contributed by atoms with Crippen molar-refractivity contribution in [3.05, 3.63) is 29.0 Å². The van der Waals surface area contributed by atoms with E-state index in [2.05, 4.69) is 5.16 Å². The molecule has 0 atom stereocenters. The van der Waals surface area contributed by atoms with E-state index in [1.165, 1.54) is 6.07 Å². The van der Waals surface area contributed by atoms with Gasteiger partial charge in [-0.2, -0.15) is 0 Å². The van der Waals surface area contributed by atoms with Crippen molar-refractivity contribution in [2.75, 3.05) is 13.2 Å². The molecule has 0 spiro atoms. The highest BCUT2D eigenvalue weighted by Crippen LogP contribution is 2.39. The van der Waals surface area contributed by atoms with Crippen LogP contribution in [0, 0.1) is 0 Å². The maximum atomic E-state index is 10.8.